The number of benzene rings is 1. The van der Waals surface area contributed by atoms with Crippen molar-refractivity contribution in [3.8, 4) is 16.3 Å². The number of carbonyl (C=O) groups excluding carboxylic acids is 1. The molecule has 2 atom stereocenters. The van der Waals surface area contributed by atoms with Crippen molar-refractivity contribution >= 4 is 28.9 Å². The van der Waals surface area contributed by atoms with Gasteiger partial charge in [-0.1, -0.05) is 6.07 Å². The van der Waals surface area contributed by atoms with Crippen LogP contribution >= 0.6 is 11.3 Å². The minimum atomic E-state index is -0.602. The molecule has 3 saturated heterocycles. The maximum atomic E-state index is 14.2. The van der Waals surface area contributed by atoms with Crippen LogP contribution in [0.2, 0.25) is 0 Å². The van der Waals surface area contributed by atoms with E-state index in [0.717, 1.165) is 52.3 Å². The molecule has 3 fully saturated rings. The first kappa shape index (κ1) is 21.4. The number of amides is 1. The number of halogens is 1. The van der Waals surface area contributed by atoms with Gasteiger partial charge in [-0.05, 0) is 43.0 Å². The highest BCUT2D eigenvalue weighted by atomic mass is 32.1. The average Bonchev–Trinajstić information content (AvgIpc) is 3.55. The Hall–Kier alpha value is -3.11. The number of hydrogen-bond donors (Lipinski definition) is 1. The summed E-state index contributed by atoms with van der Waals surface area (Å²) in [5.41, 5.74) is 2.65. The topological polar surface area (TPSA) is 89.5 Å². The molecule has 10 heteroatoms. The molecule has 1 aromatic carbocycles. The number of carbonyl (C=O) groups is 1. The van der Waals surface area contributed by atoms with Crippen LogP contribution in [0.4, 0.5) is 16.0 Å². The van der Waals surface area contributed by atoms with Crippen LogP contribution in [-0.2, 0) is 15.1 Å². The standard InChI is InChI=1S/C24H24FN5O3S/c1-14-7-15(19-12-26-22(34-19)24-4-2-5-30(24)20(31)10-24)9-16(8-14)28-23-27-11-18(25)21(29-23)33-17-3-6-32-13-17/h7-9,11-12,17H,2-6,10,13H2,1H3,(H,27,28,29). The summed E-state index contributed by atoms with van der Waals surface area (Å²) in [5.74, 6) is -0.206. The van der Waals surface area contributed by atoms with Gasteiger partial charge in [0.15, 0.2) is 0 Å². The molecule has 6 rings (SSSR count). The number of ether oxygens (including phenoxy) is 2. The van der Waals surface area contributed by atoms with Gasteiger partial charge in [0.2, 0.25) is 17.7 Å². The van der Waals surface area contributed by atoms with Crippen LogP contribution in [0.25, 0.3) is 10.4 Å². The van der Waals surface area contributed by atoms with Gasteiger partial charge in [0.05, 0.1) is 30.7 Å². The summed E-state index contributed by atoms with van der Waals surface area (Å²) in [6, 6.07) is 6.07. The van der Waals surface area contributed by atoms with Gasteiger partial charge in [-0.3, -0.25) is 4.79 Å². The zero-order valence-corrected chi connectivity index (χ0v) is 19.5. The van der Waals surface area contributed by atoms with Gasteiger partial charge in [0.25, 0.3) is 5.88 Å². The van der Waals surface area contributed by atoms with Crippen LogP contribution in [0.1, 0.15) is 36.3 Å². The highest BCUT2D eigenvalue weighted by Gasteiger charge is 2.56. The fraction of sp³-hybridized carbons (Fsp3) is 0.417. The van der Waals surface area contributed by atoms with Crippen molar-refractivity contribution in [1.82, 2.24) is 19.9 Å². The van der Waals surface area contributed by atoms with E-state index in [0.29, 0.717) is 26.1 Å². The second kappa shape index (κ2) is 8.28. The van der Waals surface area contributed by atoms with Crippen molar-refractivity contribution in [1.29, 1.82) is 0 Å². The summed E-state index contributed by atoms with van der Waals surface area (Å²) in [7, 11) is 0. The molecule has 2 aromatic heterocycles. The Morgan fingerprint density at radius 2 is 2.21 bits per heavy atom. The number of aromatic nitrogens is 3. The lowest BCUT2D eigenvalue weighted by molar-refractivity contribution is -0.153. The first-order valence-corrected chi connectivity index (χ1v) is 12.2. The van der Waals surface area contributed by atoms with E-state index < -0.39 is 5.82 Å². The fourth-order valence-electron chi connectivity index (χ4n) is 4.99. The number of β-lactam (4-membered cyclic amide) rings is 1. The molecule has 3 aliphatic heterocycles. The van der Waals surface area contributed by atoms with Gasteiger partial charge in [-0.25, -0.2) is 9.97 Å². The Labute approximate surface area is 200 Å². The predicted molar refractivity (Wildman–Crippen MR) is 125 cm³/mol. The summed E-state index contributed by atoms with van der Waals surface area (Å²) >= 11 is 1.64. The maximum absolute atomic E-state index is 14.2. The summed E-state index contributed by atoms with van der Waals surface area (Å²) in [5, 5.41) is 4.18. The number of aryl methyl sites for hydroxylation is 1. The molecule has 5 heterocycles. The van der Waals surface area contributed by atoms with Gasteiger partial charge in [-0.2, -0.15) is 9.37 Å². The molecule has 0 radical (unpaired) electrons. The van der Waals surface area contributed by atoms with Crippen LogP contribution in [-0.4, -0.2) is 51.6 Å². The zero-order chi connectivity index (χ0) is 23.3. The summed E-state index contributed by atoms with van der Waals surface area (Å²) < 4.78 is 25.1. The Bertz CT molecular complexity index is 1260. The van der Waals surface area contributed by atoms with E-state index in [9.17, 15) is 9.18 Å². The lowest BCUT2D eigenvalue weighted by Gasteiger charge is -2.45. The van der Waals surface area contributed by atoms with E-state index in [2.05, 4.69) is 21.4 Å². The Morgan fingerprint density at radius 3 is 3.03 bits per heavy atom. The number of anilines is 2. The van der Waals surface area contributed by atoms with Crippen molar-refractivity contribution in [2.24, 2.45) is 0 Å². The van der Waals surface area contributed by atoms with Crippen LogP contribution in [0.15, 0.2) is 30.6 Å². The minimum absolute atomic E-state index is 0.0802. The number of nitrogens with zero attached hydrogens (tertiary/aromatic N) is 4. The molecule has 3 aromatic rings. The van der Waals surface area contributed by atoms with E-state index in [4.69, 9.17) is 14.5 Å². The normalized spacial score (nSPS) is 23.6. The fourth-order valence-corrected chi connectivity index (χ4v) is 6.11. The highest BCUT2D eigenvalue weighted by molar-refractivity contribution is 7.15. The predicted octanol–water partition coefficient (Wildman–Crippen LogP) is 4.18. The van der Waals surface area contributed by atoms with Crippen LogP contribution < -0.4 is 10.1 Å². The summed E-state index contributed by atoms with van der Waals surface area (Å²) in [6.45, 7) is 3.86. The number of fused-ring (bicyclic) bond motifs is 1. The summed E-state index contributed by atoms with van der Waals surface area (Å²) in [4.78, 5) is 28.0. The lowest BCUT2D eigenvalue weighted by atomic mass is 9.85. The highest BCUT2D eigenvalue weighted by Crippen LogP contribution is 2.51. The monoisotopic (exact) mass is 481 g/mol. The molecule has 0 aliphatic carbocycles. The van der Waals surface area contributed by atoms with Crippen LogP contribution in [0.5, 0.6) is 5.88 Å². The number of hydrogen-bond acceptors (Lipinski definition) is 8. The van der Waals surface area contributed by atoms with Crippen molar-refractivity contribution in [2.75, 3.05) is 25.1 Å². The van der Waals surface area contributed by atoms with Crippen molar-refractivity contribution in [2.45, 2.75) is 44.2 Å². The quantitative estimate of drug-likeness (QED) is 0.528. The first-order chi connectivity index (χ1) is 16.5. The SMILES string of the molecule is Cc1cc(Nc2ncc(F)c(OC3CCOC3)n2)cc(-c2cnc(C34CCCN3C(=O)C4)s2)c1. The van der Waals surface area contributed by atoms with Gasteiger partial charge in [-0.15, -0.1) is 11.3 Å². The smallest absolute Gasteiger partial charge is 0.255 e. The van der Waals surface area contributed by atoms with Crippen LogP contribution in [0, 0.1) is 12.7 Å². The molecule has 0 bridgehead atoms. The number of rotatable bonds is 6. The Morgan fingerprint density at radius 1 is 1.29 bits per heavy atom. The van der Waals surface area contributed by atoms with E-state index >= 15 is 0 Å². The molecule has 176 valence electrons. The number of thiazole rings is 1. The lowest BCUT2D eigenvalue weighted by Crippen LogP contribution is -2.57. The van der Waals surface area contributed by atoms with E-state index in [1.165, 1.54) is 0 Å². The largest absolute Gasteiger partial charge is 0.470 e. The van der Waals surface area contributed by atoms with Gasteiger partial charge in [0, 0.05) is 24.8 Å². The molecule has 1 N–H and O–H groups in total. The molecular weight excluding hydrogens is 457 g/mol. The molecule has 8 nitrogen and oxygen atoms in total. The maximum Gasteiger partial charge on any atom is 0.255 e. The molecule has 2 unspecified atom stereocenters. The second-order valence-electron chi connectivity index (χ2n) is 9.05. The van der Waals surface area contributed by atoms with Crippen molar-refractivity contribution in [3.63, 3.8) is 0 Å². The Kier molecular flexibility index (Phi) is 5.22. The average molecular weight is 482 g/mol. The summed E-state index contributed by atoms with van der Waals surface area (Å²) in [6.07, 6.45) is 6.05. The van der Waals surface area contributed by atoms with Gasteiger partial charge < -0.3 is 19.7 Å². The zero-order valence-electron chi connectivity index (χ0n) is 18.7. The van der Waals surface area contributed by atoms with Gasteiger partial charge in [0.1, 0.15) is 16.7 Å². The van der Waals surface area contributed by atoms with Gasteiger partial charge >= 0.3 is 0 Å². The molecule has 0 spiro atoms. The van der Waals surface area contributed by atoms with E-state index in [-0.39, 0.29) is 29.4 Å². The molecule has 34 heavy (non-hydrogen) atoms. The van der Waals surface area contributed by atoms with E-state index in [1.807, 2.05) is 30.2 Å². The second-order valence-corrected chi connectivity index (χ2v) is 10.1. The minimum Gasteiger partial charge on any atom is -0.470 e. The third-order valence-corrected chi connectivity index (χ3v) is 7.87. The van der Waals surface area contributed by atoms with Crippen molar-refractivity contribution < 1.29 is 18.7 Å². The van der Waals surface area contributed by atoms with Crippen molar-refractivity contribution in [3.05, 3.63) is 47.0 Å². The molecule has 0 saturated carbocycles. The first-order valence-electron chi connectivity index (χ1n) is 11.4. The van der Waals surface area contributed by atoms with E-state index in [1.54, 1.807) is 11.3 Å². The molecule has 3 aliphatic rings. The molecular formula is C24H24FN5O3S. The Balaban J connectivity index is 1.24. The third kappa shape index (κ3) is 3.70. The molecule has 1 amide bonds. The number of nitrogens with one attached hydrogen (secondary N) is 1. The van der Waals surface area contributed by atoms with Crippen LogP contribution in [0.3, 0.4) is 0 Å². The third-order valence-electron chi connectivity index (χ3n) is 6.63.